The molecule has 0 atom stereocenters. The highest BCUT2D eigenvalue weighted by Crippen LogP contribution is 2.53. The molecule has 1 saturated carbocycles. The number of H-pyrrole nitrogens is 1. The van der Waals surface area contributed by atoms with E-state index >= 15 is 0 Å². The normalized spacial score (nSPS) is 16.2. The number of hydrogen-bond acceptors (Lipinski definition) is 6. The first-order valence-electron chi connectivity index (χ1n) is 6.34. The molecule has 3 N–H and O–H groups in total. The van der Waals surface area contributed by atoms with E-state index in [-0.39, 0.29) is 5.41 Å². The summed E-state index contributed by atoms with van der Waals surface area (Å²) >= 11 is 0. The number of nitrogen functional groups attached to an aromatic ring is 1. The molecule has 0 radical (unpaired) electrons. The van der Waals surface area contributed by atoms with Gasteiger partial charge in [-0.05, 0) is 30.5 Å². The molecule has 0 spiro atoms. The zero-order chi connectivity index (χ0) is 13.6. The van der Waals surface area contributed by atoms with Crippen LogP contribution < -0.4 is 5.73 Å². The maximum absolute atomic E-state index is 5.73. The van der Waals surface area contributed by atoms with E-state index in [9.17, 15) is 0 Å². The van der Waals surface area contributed by atoms with Crippen molar-refractivity contribution in [2.75, 3.05) is 5.73 Å². The van der Waals surface area contributed by atoms with Crippen LogP contribution in [0.5, 0.6) is 0 Å². The van der Waals surface area contributed by atoms with Gasteiger partial charge in [0.2, 0.25) is 11.7 Å². The summed E-state index contributed by atoms with van der Waals surface area (Å²) in [4.78, 5) is 8.46. The van der Waals surface area contributed by atoms with Crippen molar-refractivity contribution in [1.82, 2.24) is 25.3 Å². The lowest BCUT2D eigenvalue weighted by Gasteiger charge is -2.10. The second kappa shape index (κ2) is 3.89. The van der Waals surface area contributed by atoms with Gasteiger partial charge in [-0.2, -0.15) is 10.1 Å². The van der Waals surface area contributed by atoms with Gasteiger partial charge in [-0.15, -0.1) is 0 Å². The first-order chi connectivity index (χ1) is 9.78. The van der Waals surface area contributed by atoms with E-state index in [2.05, 4.69) is 25.3 Å². The quantitative estimate of drug-likeness (QED) is 0.697. The lowest BCUT2D eigenvalue weighted by molar-refractivity contribution is 0.360. The van der Waals surface area contributed by atoms with E-state index in [1.54, 1.807) is 0 Å². The zero-order valence-electron chi connectivity index (χ0n) is 10.6. The van der Waals surface area contributed by atoms with Crippen LogP contribution in [0.1, 0.15) is 24.3 Å². The fraction of sp³-hybridized carbons (Fsp3) is 0.231. The van der Waals surface area contributed by atoms with Crippen LogP contribution in [0, 0.1) is 0 Å². The Morgan fingerprint density at radius 2 is 2.00 bits per heavy atom. The van der Waals surface area contributed by atoms with E-state index in [0.717, 1.165) is 24.1 Å². The van der Waals surface area contributed by atoms with Gasteiger partial charge >= 0.3 is 0 Å². The largest absolute Gasteiger partial charge is 0.399 e. The number of nitrogens with two attached hydrogens (primary N) is 1. The van der Waals surface area contributed by atoms with E-state index in [4.69, 9.17) is 10.3 Å². The monoisotopic (exact) mass is 268 g/mol. The Bertz CT molecular complexity index is 727. The summed E-state index contributed by atoms with van der Waals surface area (Å²) in [7, 11) is 0. The lowest BCUT2D eigenvalue weighted by Crippen LogP contribution is -2.09. The van der Waals surface area contributed by atoms with Gasteiger partial charge in [0, 0.05) is 5.69 Å². The molecule has 1 aliphatic rings. The molecule has 7 heteroatoms. The molecule has 7 nitrogen and oxygen atoms in total. The van der Waals surface area contributed by atoms with Crippen molar-refractivity contribution < 1.29 is 4.52 Å². The first kappa shape index (κ1) is 11.2. The molecule has 0 saturated heterocycles. The van der Waals surface area contributed by atoms with Crippen LogP contribution in [0.4, 0.5) is 5.69 Å². The minimum atomic E-state index is -0.168. The summed E-state index contributed by atoms with van der Waals surface area (Å²) in [5.41, 5.74) is 7.46. The van der Waals surface area contributed by atoms with Gasteiger partial charge in [0.05, 0.1) is 5.41 Å². The molecule has 0 aliphatic heterocycles. The minimum absolute atomic E-state index is 0.168. The van der Waals surface area contributed by atoms with Crippen molar-refractivity contribution in [3.8, 4) is 11.6 Å². The topological polar surface area (TPSA) is 107 Å². The summed E-state index contributed by atoms with van der Waals surface area (Å²) in [6.45, 7) is 0. The number of benzene rings is 1. The van der Waals surface area contributed by atoms with Crippen molar-refractivity contribution in [2.24, 2.45) is 0 Å². The average Bonchev–Trinajstić information content (AvgIpc) is 2.93. The Morgan fingerprint density at radius 3 is 2.65 bits per heavy atom. The van der Waals surface area contributed by atoms with E-state index in [0.29, 0.717) is 17.5 Å². The van der Waals surface area contributed by atoms with Crippen molar-refractivity contribution >= 4 is 5.69 Å². The summed E-state index contributed by atoms with van der Waals surface area (Å²) in [5, 5.41) is 10.5. The van der Waals surface area contributed by atoms with Gasteiger partial charge < -0.3 is 10.3 Å². The zero-order valence-corrected chi connectivity index (χ0v) is 10.6. The highest BCUT2D eigenvalue weighted by atomic mass is 16.5. The van der Waals surface area contributed by atoms with Crippen LogP contribution >= 0.6 is 0 Å². The van der Waals surface area contributed by atoms with Gasteiger partial charge in [0.15, 0.2) is 5.82 Å². The number of aromatic nitrogens is 5. The molecule has 1 aliphatic carbocycles. The highest BCUT2D eigenvalue weighted by Gasteiger charge is 2.51. The molecule has 3 aromatic rings. The molecule has 0 unspecified atom stereocenters. The molecule has 1 fully saturated rings. The summed E-state index contributed by atoms with van der Waals surface area (Å²) in [6, 6.07) is 7.81. The lowest BCUT2D eigenvalue weighted by atomic mass is 9.96. The average molecular weight is 268 g/mol. The van der Waals surface area contributed by atoms with Crippen molar-refractivity contribution in [3.63, 3.8) is 0 Å². The molecule has 4 rings (SSSR count). The molecule has 2 heterocycles. The van der Waals surface area contributed by atoms with Gasteiger partial charge in [-0.25, -0.2) is 4.98 Å². The molecule has 100 valence electrons. The second-order valence-corrected chi connectivity index (χ2v) is 4.96. The third-order valence-corrected chi connectivity index (χ3v) is 3.68. The maximum atomic E-state index is 5.73. The van der Waals surface area contributed by atoms with Gasteiger partial charge in [-0.1, -0.05) is 17.3 Å². The smallest absolute Gasteiger partial charge is 0.239 e. The molecule has 0 amide bonds. The number of aromatic amines is 1. The summed E-state index contributed by atoms with van der Waals surface area (Å²) < 4.78 is 5.42. The van der Waals surface area contributed by atoms with Crippen LogP contribution in [0.2, 0.25) is 0 Å². The van der Waals surface area contributed by atoms with E-state index in [1.807, 2.05) is 24.3 Å². The van der Waals surface area contributed by atoms with Gasteiger partial charge in [0.1, 0.15) is 6.33 Å². The predicted octanol–water partition coefficient (Wildman–Crippen LogP) is 1.52. The van der Waals surface area contributed by atoms with Crippen LogP contribution in [0.3, 0.4) is 0 Å². The van der Waals surface area contributed by atoms with Crippen molar-refractivity contribution in [2.45, 2.75) is 18.3 Å². The SMILES string of the molecule is Nc1ccc(C2(c3nc(-c4ncn[nH]4)no3)CC2)cc1. The fourth-order valence-electron chi connectivity index (χ4n) is 2.38. The van der Waals surface area contributed by atoms with Crippen LogP contribution in [-0.4, -0.2) is 25.3 Å². The van der Waals surface area contributed by atoms with Crippen LogP contribution in [0.15, 0.2) is 35.1 Å². The van der Waals surface area contributed by atoms with Crippen LogP contribution in [0.25, 0.3) is 11.6 Å². The van der Waals surface area contributed by atoms with Crippen molar-refractivity contribution in [3.05, 3.63) is 42.0 Å². The standard InChI is InChI=1S/C13H12N6O/c14-9-3-1-8(2-4-9)13(5-6-13)12-17-11(19-20-12)10-15-7-16-18-10/h1-4,7H,5-6,14H2,(H,15,16,18). The number of anilines is 1. The number of rotatable bonds is 3. The molecule has 2 aromatic heterocycles. The third kappa shape index (κ3) is 1.59. The Balaban J connectivity index is 1.72. The predicted molar refractivity (Wildman–Crippen MR) is 70.5 cm³/mol. The maximum Gasteiger partial charge on any atom is 0.239 e. The molecule has 1 aromatic carbocycles. The second-order valence-electron chi connectivity index (χ2n) is 4.96. The number of nitrogens with one attached hydrogen (secondary N) is 1. The molecule has 20 heavy (non-hydrogen) atoms. The third-order valence-electron chi connectivity index (χ3n) is 3.68. The Morgan fingerprint density at radius 1 is 1.20 bits per heavy atom. The highest BCUT2D eigenvalue weighted by molar-refractivity contribution is 5.47. The molecular weight excluding hydrogens is 256 g/mol. The molecule has 0 bridgehead atoms. The van der Waals surface area contributed by atoms with Crippen LogP contribution in [-0.2, 0) is 5.41 Å². The van der Waals surface area contributed by atoms with Crippen molar-refractivity contribution in [1.29, 1.82) is 0 Å². The van der Waals surface area contributed by atoms with Gasteiger partial charge in [0.25, 0.3) is 0 Å². The first-order valence-corrected chi connectivity index (χ1v) is 6.34. The summed E-state index contributed by atoms with van der Waals surface area (Å²) in [6.07, 6.45) is 3.40. The summed E-state index contributed by atoms with van der Waals surface area (Å²) in [5.74, 6) is 1.56. The number of hydrogen-bond donors (Lipinski definition) is 2. The Hall–Kier alpha value is -2.70. The Kier molecular flexibility index (Phi) is 2.17. The van der Waals surface area contributed by atoms with Gasteiger partial charge in [-0.3, -0.25) is 5.10 Å². The molecular formula is C13H12N6O. The number of nitrogens with zero attached hydrogens (tertiary/aromatic N) is 4. The van der Waals surface area contributed by atoms with E-state index in [1.165, 1.54) is 6.33 Å². The minimum Gasteiger partial charge on any atom is -0.399 e. The Labute approximate surface area is 114 Å². The van der Waals surface area contributed by atoms with E-state index < -0.39 is 0 Å². The fourth-order valence-corrected chi connectivity index (χ4v) is 2.38.